The molecular formula is C17H17BrO5. The molecule has 5 nitrogen and oxygen atoms in total. The lowest BCUT2D eigenvalue weighted by Crippen LogP contribution is -2.05. The van der Waals surface area contributed by atoms with Crippen LogP contribution >= 0.6 is 15.9 Å². The van der Waals surface area contributed by atoms with Crippen molar-refractivity contribution in [1.29, 1.82) is 0 Å². The fraction of sp³-hybridized carbons (Fsp3) is 0.235. The minimum Gasteiger partial charge on any atom is -0.493 e. The molecule has 0 aromatic heterocycles. The Morgan fingerprint density at radius 3 is 2.00 bits per heavy atom. The lowest BCUT2D eigenvalue weighted by Gasteiger charge is -2.14. The van der Waals surface area contributed by atoms with E-state index in [9.17, 15) is 4.79 Å². The summed E-state index contributed by atoms with van der Waals surface area (Å²) in [5, 5.41) is 0. The third-order valence-electron chi connectivity index (χ3n) is 3.17. The van der Waals surface area contributed by atoms with Gasteiger partial charge in [-0.3, -0.25) is 0 Å². The third kappa shape index (κ3) is 4.16. The van der Waals surface area contributed by atoms with E-state index in [2.05, 4.69) is 15.9 Å². The van der Waals surface area contributed by atoms with Crippen molar-refractivity contribution >= 4 is 21.9 Å². The number of esters is 1. The van der Waals surface area contributed by atoms with Crippen molar-refractivity contribution in [2.24, 2.45) is 0 Å². The minimum absolute atomic E-state index is 0.103. The van der Waals surface area contributed by atoms with Crippen molar-refractivity contribution in [2.75, 3.05) is 21.3 Å². The molecule has 23 heavy (non-hydrogen) atoms. The second-order valence-corrected chi connectivity index (χ2v) is 5.53. The van der Waals surface area contributed by atoms with E-state index in [1.165, 1.54) is 21.3 Å². The first kappa shape index (κ1) is 17.1. The maximum atomic E-state index is 12.0. The molecule has 122 valence electrons. The average Bonchev–Trinajstić information content (AvgIpc) is 2.59. The summed E-state index contributed by atoms with van der Waals surface area (Å²) in [5.41, 5.74) is 1.23. The lowest BCUT2D eigenvalue weighted by atomic mass is 10.2. The van der Waals surface area contributed by atoms with E-state index in [0.717, 1.165) is 10.0 Å². The van der Waals surface area contributed by atoms with Gasteiger partial charge in [-0.1, -0.05) is 15.9 Å². The number of halogens is 1. The Hall–Kier alpha value is -2.21. The molecule has 0 saturated heterocycles. The highest BCUT2D eigenvalue weighted by atomic mass is 79.9. The maximum absolute atomic E-state index is 12.0. The minimum atomic E-state index is -0.397. The number of methoxy groups -OCH3 is 3. The highest BCUT2D eigenvalue weighted by molar-refractivity contribution is 9.10. The normalized spacial score (nSPS) is 10.1. The second-order valence-electron chi connectivity index (χ2n) is 4.62. The molecule has 0 spiro atoms. The first-order chi connectivity index (χ1) is 11.1. The lowest BCUT2D eigenvalue weighted by molar-refractivity contribution is 0.0472. The van der Waals surface area contributed by atoms with E-state index in [0.29, 0.717) is 22.8 Å². The van der Waals surface area contributed by atoms with Crippen LogP contribution < -0.4 is 14.2 Å². The van der Waals surface area contributed by atoms with Gasteiger partial charge in [0.2, 0.25) is 5.75 Å². The summed E-state index contributed by atoms with van der Waals surface area (Å²) in [4.78, 5) is 12.0. The Morgan fingerprint density at radius 2 is 1.52 bits per heavy atom. The van der Waals surface area contributed by atoms with Crippen LogP contribution in [0.1, 0.15) is 15.9 Å². The molecule has 6 heteroatoms. The zero-order valence-electron chi connectivity index (χ0n) is 13.1. The summed E-state index contributed by atoms with van der Waals surface area (Å²) in [6, 6.07) is 10.5. The van der Waals surface area contributed by atoms with Gasteiger partial charge in [0.1, 0.15) is 6.61 Å². The third-order valence-corrected chi connectivity index (χ3v) is 3.70. The summed E-state index contributed by atoms with van der Waals surface area (Å²) in [6.45, 7) is 0.103. The van der Waals surface area contributed by atoms with Gasteiger partial charge < -0.3 is 18.9 Å². The summed E-state index contributed by atoms with van der Waals surface area (Å²) < 4.78 is 22.0. The molecule has 0 aliphatic carbocycles. The second kappa shape index (κ2) is 7.87. The van der Waals surface area contributed by atoms with Crippen LogP contribution in [-0.2, 0) is 11.3 Å². The highest BCUT2D eigenvalue weighted by Gasteiger charge is 2.14. The van der Waals surface area contributed by atoms with E-state index in [1.54, 1.807) is 36.4 Å². The van der Waals surface area contributed by atoms with E-state index >= 15 is 0 Å². The van der Waals surface area contributed by atoms with E-state index in [1.807, 2.05) is 0 Å². The molecule has 0 amide bonds. The number of hydrogen-bond donors (Lipinski definition) is 0. The van der Waals surface area contributed by atoms with Crippen molar-refractivity contribution in [1.82, 2.24) is 0 Å². The Bertz CT molecular complexity index is 657. The quantitative estimate of drug-likeness (QED) is 0.712. The molecule has 0 heterocycles. The molecule has 0 N–H and O–H groups in total. The van der Waals surface area contributed by atoms with Gasteiger partial charge in [-0.2, -0.15) is 0 Å². The Labute approximate surface area is 143 Å². The fourth-order valence-electron chi connectivity index (χ4n) is 2.04. The first-order valence-corrected chi connectivity index (χ1v) is 7.60. The van der Waals surface area contributed by atoms with E-state index < -0.39 is 5.97 Å². The molecule has 0 saturated carbocycles. The van der Waals surface area contributed by atoms with Crippen LogP contribution in [0.3, 0.4) is 0 Å². The average molecular weight is 381 g/mol. The fourth-order valence-corrected chi connectivity index (χ4v) is 2.30. The topological polar surface area (TPSA) is 54.0 Å². The van der Waals surface area contributed by atoms with Gasteiger partial charge in [0.05, 0.1) is 26.9 Å². The zero-order chi connectivity index (χ0) is 16.8. The molecule has 2 rings (SSSR count). The van der Waals surface area contributed by atoms with Crippen molar-refractivity contribution < 1.29 is 23.7 Å². The molecule has 0 fully saturated rings. The van der Waals surface area contributed by atoms with Gasteiger partial charge in [0.25, 0.3) is 0 Å². The van der Waals surface area contributed by atoms with Gasteiger partial charge >= 0.3 is 5.97 Å². The first-order valence-electron chi connectivity index (χ1n) is 6.80. The van der Waals surface area contributed by atoms with Gasteiger partial charge in [-0.25, -0.2) is 4.79 Å². The number of rotatable bonds is 6. The highest BCUT2D eigenvalue weighted by Crippen LogP contribution is 2.38. The molecule has 0 radical (unpaired) electrons. The Balaban J connectivity index is 2.13. The van der Waals surface area contributed by atoms with Crippen molar-refractivity contribution in [3.63, 3.8) is 0 Å². The maximum Gasteiger partial charge on any atom is 0.338 e. The molecule has 0 atom stereocenters. The van der Waals surface area contributed by atoms with E-state index in [-0.39, 0.29) is 6.61 Å². The molecule has 0 aliphatic rings. The van der Waals surface area contributed by atoms with Gasteiger partial charge in [0, 0.05) is 4.47 Å². The largest absolute Gasteiger partial charge is 0.493 e. The van der Waals surface area contributed by atoms with Crippen LogP contribution in [-0.4, -0.2) is 27.3 Å². The van der Waals surface area contributed by atoms with Crippen LogP contribution in [0, 0.1) is 0 Å². The number of carbonyl (C=O) groups is 1. The summed E-state index contributed by atoms with van der Waals surface area (Å²) in [5.74, 6) is 1.13. The molecule has 0 bridgehead atoms. The SMILES string of the molecule is COc1cc(COC(=O)c2ccc(Br)cc2)cc(OC)c1OC. The van der Waals surface area contributed by atoms with Gasteiger partial charge in [0.15, 0.2) is 11.5 Å². The molecule has 2 aromatic carbocycles. The monoisotopic (exact) mass is 380 g/mol. The van der Waals surface area contributed by atoms with Gasteiger partial charge in [-0.05, 0) is 42.0 Å². The van der Waals surface area contributed by atoms with Crippen LogP contribution in [0.5, 0.6) is 17.2 Å². The Morgan fingerprint density at radius 1 is 0.957 bits per heavy atom. The summed E-state index contributed by atoms with van der Waals surface area (Å²) in [6.07, 6.45) is 0. The van der Waals surface area contributed by atoms with Crippen LogP contribution in [0.25, 0.3) is 0 Å². The standard InChI is InChI=1S/C17H17BrO5/c1-20-14-8-11(9-15(21-2)16(14)22-3)10-23-17(19)12-4-6-13(18)7-5-12/h4-9H,10H2,1-3H3. The van der Waals surface area contributed by atoms with Crippen molar-refractivity contribution in [3.8, 4) is 17.2 Å². The number of carbonyl (C=O) groups excluding carboxylic acids is 1. The van der Waals surface area contributed by atoms with E-state index in [4.69, 9.17) is 18.9 Å². The van der Waals surface area contributed by atoms with Crippen molar-refractivity contribution in [2.45, 2.75) is 6.61 Å². The predicted octanol–water partition coefficient (Wildman–Crippen LogP) is 3.83. The molecule has 0 aliphatic heterocycles. The van der Waals surface area contributed by atoms with Crippen LogP contribution in [0.15, 0.2) is 40.9 Å². The number of ether oxygens (including phenoxy) is 4. The summed E-state index contributed by atoms with van der Waals surface area (Å²) >= 11 is 3.32. The smallest absolute Gasteiger partial charge is 0.338 e. The van der Waals surface area contributed by atoms with Crippen LogP contribution in [0.2, 0.25) is 0 Å². The number of benzene rings is 2. The summed E-state index contributed by atoms with van der Waals surface area (Å²) in [7, 11) is 4.61. The Kier molecular flexibility index (Phi) is 5.87. The molecule has 0 unspecified atom stereocenters. The number of hydrogen-bond acceptors (Lipinski definition) is 5. The molecular weight excluding hydrogens is 364 g/mol. The zero-order valence-corrected chi connectivity index (χ0v) is 14.7. The van der Waals surface area contributed by atoms with Crippen LogP contribution in [0.4, 0.5) is 0 Å². The predicted molar refractivity (Wildman–Crippen MR) is 89.4 cm³/mol. The van der Waals surface area contributed by atoms with Gasteiger partial charge in [-0.15, -0.1) is 0 Å². The van der Waals surface area contributed by atoms with Crippen molar-refractivity contribution in [3.05, 3.63) is 52.0 Å². The molecule has 2 aromatic rings.